The van der Waals surface area contributed by atoms with E-state index in [2.05, 4.69) is 4.99 Å². The summed E-state index contributed by atoms with van der Waals surface area (Å²) in [5, 5.41) is 78.6. The summed E-state index contributed by atoms with van der Waals surface area (Å²) in [6.45, 7) is -0.704. The molecule has 0 spiro atoms. The number of rotatable bonds is 7. The van der Waals surface area contributed by atoms with Crippen LogP contribution in [0, 0.1) is 0 Å². The highest BCUT2D eigenvalue weighted by Gasteiger charge is 2.45. The molecule has 37 heavy (non-hydrogen) atoms. The van der Waals surface area contributed by atoms with Crippen LogP contribution in [0.3, 0.4) is 0 Å². The van der Waals surface area contributed by atoms with Gasteiger partial charge < -0.3 is 55.2 Å². The topological polar surface area (TPSA) is 247 Å². The van der Waals surface area contributed by atoms with Crippen LogP contribution in [0.15, 0.2) is 28.9 Å². The van der Waals surface area contributed by atoms with Gasteiger partial charge in [0, 0.05) is 30.3 Å². The van der Waals surface area contributed by atoms with Crippen molar-refractivity contribution >= 4 is 29.3 Å². The van der Waals surface area contributed by atoms with Crippen LogP contribution in [0.4, 0.5) is 5.69 Å². The third-order valence-electron chi connectivity index (χ3n) is 6.34. The van der Waals surface area contributed by atoms with Gasteiger partial charge >= 0.3 is 17.9 Å². The summed E-state index contributed by atoms with van der Waals surface area (Å²) in [5.41, 5.74) is -0.0592. The molecule has 1 aromatic rings. The minimum Gasteiger partial charge on any atom is -0.504 e. The number of aliphatic hydroxyl groups is 4. The standard InChI is InChI=1S/C22H24N2O13/c25-6-15-16(27)17(28)18(29)22(37-15)36-14-2-7-1-12(21(34)35)24(11(7)5-13(14)26)8-3-9(19(30)31)23-10(4-8)20(32)33/h2-3,5,10,12,15-18,22,25-29H,1,4,6H2,(H,30,31)(H,32,33)(H,34,35)/t10-,12-,15+,16+,17-,18-,22+/m0/s1. The highest BCUT2D eigenvalue weighted by atomic mass is 16.7. The summed E-state index contributed by atoms with van der Waals surface area (Å²) < 4.78 is 10.8. The lowest BCUT2D eigenvalue weighted by atomic mass is 9.99. The van der Waals surface area contributed by atoms with Gasteiger partial charge in [0.15, 0.2) is 17.5 Å². The molecule has 0 aliphatic carbocycles. The summed E-state index contributed by atoms with van der Waals surface area (Å²) in [6, 6.07) is -0.370. The summed E-state index contributed by atoms with van der Waals surface area (Å²) in [5.74, 6) is -5.03. The molecule has 200 valence electrons. The Morgan fingerprint density at radius 1 is 1.03 bits per heavy atom. The zero-order valence-corrected chi connectivity index (χ0v) is 18.9. The number of carbonyl (C=O) groups is 3. The number of fused-ring (bicyclic) bond motifs is 1. The number of carboxylic acid groups (broad SMARTS) is 3. The Balaban J connectivity index is 1.69. The maximum absolute atomic E-state index is 12.1. The first-order chi connectivity index (χ1) is 17.4. The zero-order valence-electron chi connectivity index (χ0n) is 18.9. The Morgan fingerprint density at radius 2 is 1.73 bits per heavy atom. The van der Waals surface area contributed by atoms with E-state index < -0.39 is 78.8 Å². The second kappa shape index (κ2) is 9.95. The number of hydrogen-bond donors (Lipinski definition) is 8. The van der Waals surface area contributed by atoms with E-state index in [1.54, 1.807) is 0 Å². The van der Waals surface area contributed by atoms with Crippen LogP contribution < -0.4 is 9.64 Å². The molecule has 7 atom stereocenters. The summed E-state index contributed by atoms with van der Waals surface area (Å²) in [6.07, 6.45) is -7.38. The molecule has 8 N–H and O–H groups in total. The van der Waals surface area contributed by atoms with E-state index in [0.29, 0.717) is 5.56 Å². The van der Waals surface area contributed by atoms with Gasteiger partial charge in [-0.05, 0) is 17.7 Å². The van der Waals surface area contributed by atoms with Gasteiger partial charge in [-0.1, -0.05) is 0 Å². The van der Waals surface area contributed by atoms with Crippen molar-refractivity contribution in [2.45, 2.75) is 55.6 Å². The van der Waals surface area contributed by atoms with Gasteiger partial charge in [-0.15, -0.1) is 0 Å². The number of ether oxygens (including phenoxy) is 2. The van der Waals surface area contributed by atoms with Gasteiger partial charge in [-0.25, -0.2) is 14.4 Å². The van der Waals surface area contributed by atoms with Crippen molar-refractivity contribution in [1.82, 2.24) is 0 Å². The zero-order chi connectivity index (χ0) is 27.2. The van der Waals surface area contributed by atoms with Gasteiger partial charge in [0.05, 0.1) is 6.61 Å². The molecule has 0 saturated carbocycles. The number of phenols is 1. The van der Waals surface area contributed by atoms with Crippen LogP contribution >= 0.6 is 0 Å². The summed E-state index contributed by atoms with van der Waals surface area (Å²) in [7, 11) is 0. The number of carboxylic acids is 3. The van der Waals surface area contributed by atoms with Crippen molar-refractivity contribution < 1.29 is 64.7 Å². The van der Waals surface area contributed by atoms with Gasteiger partial charge in [0.2, 0.25) is 6.29 Å². The predicted octanol–water partition coefficient (Wildman–Crippen LogP) is -2.35. The first-order valence-electron chi connectivity index (χ1n) is 11.0. The van der Waals surface area contributed by atoms with Crippen LogP contribution in [0.5, 0.6) is 11.5 Å². The van der Waals surface area contributed by atoms with Crippen LogP contribution in [0.2, 0.25) is 0 Å². The molecule has 15 nitrogen and oxygen atoms in total. The van der Waals surface area contributed by atoms with E-state index >= 15 is 0 Å². The fourth-order valence-electron chi connectivity index (χ4n) is 4.48. The van der Waals surface area contributed by atoms with E-state index in [-0.39, 0.29) is 30.0 Å². The Labute approximate surface area is 207 Å². The van der Waals surface area contributed by atoms with Gasteiger partial charge in [0.1, 0.15) is 36.2 Å². The van der Waals surface area contributed by atoms with Crippen molar-refractivity contribution in [3.8, 4) is 11.5 Å². The third kappa shape index (κ3) is 4.82. The monoisotopic (exact) mass is 524 g/mol. The Kier molecular flexibility index (Phi) is 7.07. The number of aromatic hydroxyl groups is 1. The summed E-state index contributed by atoms with van der Waals surface area (Å²) >= 11 is 0. The molecule has 3 aliphatic rings. The molecule has 0 aromatic heterocycles. The Hall–Kier alpha value is -3.76. The lowest BCUT2D eigenvalue weighted by molar-refractivity contribution is -0.277. The third-order valence-corrected chi connectivity index (χ3v) is 6.34. The molecule has 0 amide bonds. The number of anilines is 1. The number of aliphatic imine (C=N–C) groups is 1. The molecule has 15 heteroatoms. The van der Waals surface area contributed by atoms with Crippen molar-refractivity contribution in [2.75, 3.05) is 11.5 Å². The van der Waals surface area contributed by atoms with Crippen LogP contribution in [0.25, 0.3) is 0 Å². The van der Waals surface area contributed by atoms with Crippen LogP contribution in [-0.2, 0) is 25.5 Å². The van der Waals surface area contributed by atoms with Crippen molar-refractivity contribution in [3.63, 3.8) is 0 Å². The molecule has 3 heterocycles. The van der Waals surface area contributed by atoms with Crippen molar-refractivity contribution in [2.24, 2.45) is 4.99 Å². The van der Waals surface area contributed by atoms with E-state index in [0.717, 1.165) is 12.1 Å². The van der Waals surface area contributed by atoms with Gasteiger partial charge in [-0.3, -0.25) is 4.99 Å². The highest BCUT2D eigenvalue weighted by molar-refractivity contribution is 6.41. The Bertz CT molecular complexity index is 1180. The first-order valence-corrected chi connectivity index (χ1v) is 11.0. The second-order valence-corrected chi connectivity index (χ2v) is 8.71. The van der Waals surface area contributed by atoms with Crippen molar-refractivity contribution in [3.05, 3.63) is 29.5 Å². The normalized spacial score (nSPS) is 31.2. The molecule has 3 aliphatic heterocycles. The lowest BCUT2D eigenvalue weighted by Crippen LogP contribution is -2.60. The van der Waals surface area contributed by atoms with Crippen LogP contribution in [-0.4, -0.2) is 114 Å². The lowest BCUT2D eigenvalue weighted by Gasteiger charge is -2.39. The Morgan fingerprint density at radius 3 is 2.32 bits per heavy atom. The largest absolute Gasteiger partial charge is 0.504 e. The maximum Gasteiger partial charge on any atom is 0.354 e. The quantitative estimate of drug-likeness (QED) is 0.186. The average molecular weight is 524 g/mol. The molecule has 4 rings (SSSR count). The molecule has 1 aromatic carbocycles. The number of aliphatic carboxylic acids is 3. The van der Waals surface area contributed by atoms with E-state index in [9.17, 15) is 55.2 Å². The van der Waals surface area contributed by atoms with E-state index in [1.165, 1.54) is 11.0 Å². The second-order valence-electron chi connectivity index (χ2n) is 8.71. The molecule has 0 unspecified atom stereocenters. The maximum atomic E-state index is 12.1. The number of nitrogens with zero attached hydrogens (tertiary/aromatic N) is 2. The molecule has 1 fully saturated rings. The van der Waals surface area contributed by atoms with Gasteiger partial charge in [-0.2, -0.15) is 0 Å². The van der Waals surface area contributed by atoms with Crippen molar-refractivity contribution in [1.29, 1.82) is 0 Å². The molecule has 1 saturated heterocycles. The molecule has 0 radical (unpaired) electrons. The fourth-order valence-corrected chi connectivity index (χ4v) is 4.48. The SMILES string of the molecule is O=C(O)C1=N[C@H](C(=O)O)CC(N2c3cc(O)c(O[C@@H]4O[C@H](CO)[C@@H](O)[C@H](O)[C@@H]4O)cc3C[C@H]2C(=O)O)=C1. The minimum atomic E-state index is -1.76. The van der Waals surface area contributed by atoms with E-state index in [4.69, 9.17) is 9.47 Å². The van der Waals surface area contributed by atoms with E-state index in [1.807, 2.05) is 0 Å². The first kappa shape index (κ1) is 26.3. The van der Waals surface area contributed by atoms with Gasteiger partial charge in [0.25, 0.3) is 0 Å². The minimum absolute atomic E-state index is 0.0490. The predicted molar refractivity (Wildman–Crippen MR) is 119 cm³/mol. The molecular weight excluding hydrogens is 500 g/mol. The number of dihydropyridines is 1. The van der Waals surface area contributed by atoms with Crippen LogP contribution in [0.1, 0.15) is 12.0 Å². The number of aliphatic hydroxyl groups excluding tert-OH is 4. The number of benzene rings is 1. The average Bonchev–Trinajstić information content (AvgIpc) is 3.22. The fraction of sp³-hybridized carbons (Fsp3) is 0.455. The highest BCUT2D eigenvalue weighted by Crippen LogP contribution is 2.44. The number of phenolic OH excluding ortho intramolecular Hbond substituents is 1. The number of hydrogen-bond acceptors (Lipinski definition) is 12. The summed E-state index contributed by atoms with van der Waals surface area (Å²) in [4.78, 5) is 40.0. The molecule has 0 bridgehead atoms. The molecular formula is C22H24N2O13. The smallest absolute Gasteiger partial charge is 0.354 e.